The fourth-order valence-corrected chi connectivity index (χ4v) is 10.6. The van der Waals surface area contributed by atoms with E-state index in [0.29, 0.717) is 0 Å². The Morgan fingerprint density at radius 3 is 1.08 bits per heavy atom. The van der Waals surface area contributed by atoms with Crippen LogP contribution in [-0.2, 0) is 5.41 Å². The number of rotatable bonds is 8. The van der Waals surface area contributed by atoms with E-state index in [9.17, 15) is 0 Å². The van der Waals surface area contributed by atoms with Crippen molar-refractivity contribution in [2.24, 2.45) is 0 Å². The predicted molar refractivity (Wildman–Crippen MR) is 281 cm³/mol. The average Bonchev–Trinajstić information content (AvgIpc) is 3.39. The molecule has 10 aromatic rings. The second-order valence-electron chi connectivity index (χ2n) is 18.1. The highest BCUT2D eigenvalue weighted by Gasteiger charge is 2.45. The SMILES string of the molecule is CC(C)(c1ccccc1)c1cc2c3c(c1)N(c1ccccc1-c1ccccc1)c1ccc(-c4ccccc4)cc1B3c1cc(-c3ccccc3)ccc1N2c1ccccc1-c1ccccc1. The van der Waals surface area contributed by atoms with Crippen molar-refractivity contribution in [2.75, 3.05) is 9.80 Å². The summed E-state index contributed by atoms with van der Waals surface area (Å²) in [7, 11) is 0. The quantitative estimate of drug-likeness (QED) is 0.141. The molecule has 0 saturated carbocycles. The van der Waals surface area contributed by atoms with Crippen LogP contribution in [0.25, 0.3) is 44.5 Å². The first kappa shape index (κ1) is 39.5. The van der Waals surface area contributed by atoms with Gasteiger partial charge in [-0.2, -0.15) is 0 Å². The number of nitrogens with zero attached hydrogens (tertiary/aromatic N) is 2. The molecular weight excluding hydrogens is 796 g/mol. The molecule has 0 unspecified atom stereocenters. The van der Waals surface area contributed by atoms with Crippen LogP contribution in [0.5, 0.6) is 0 Å². The maximum Gasteiger partial charge on any atom is 0.252 e. The fourth-order valence-electron chi connectivity index (χ4n) is 10.6. The normalized spacial score (nSPS) is 12.6. The van der Waals surface area contributed by atoms with Crippen LogP contribution >= 0.6 is 0 Å². The summed E-state index contributed by atoms with van der Waals surface area (Å²) in [4.78, 5) is 5.17. The van der Waals surface area contributed by atoms with Crippen molar-refractivity contribution < 1.29 is 0 Å². The van der Waals surface area contributed by atoms with Gasteiger partial charge < -0.3 is 9.80 Å². The lowest BCUT2D eigenvalue weighted by Gasteiger charge is -2.46. The van der Waals surface area contributed by atoms with Crippen LogP contribution in [0.1, 0.15) is 25.0 Å². The van der Waals surface area contributed by atoms with Crippen molar-refractivity contribution in [1.82, 2.24) is 0 Å². The standard InChI is InChI=1S/C63H47BN2/c1-63(2,50-30-16-7-17-31-50)51-42-60-62-61(43-51)66(57-35-21-19-33-53(57)47-28-14-6-15-29-47)59-39-37-49(45-24-10-4-11-25-45)41-55(59)64(62)54-40-48(44-22-8-3-9-23-44)36-38-58(54)65(60)56-34-20-18-32-52(56)46-26-12-5-13-27-46/h3-43H,1-2H3. The molecule has 2 aliphatic heterocycles. The summed E-state index contributed by atoms with van der Waals surface area (Å²) in [5.41, 5.74) is 22.6. The summed E-state index contributed by atoms with van der Waals surface area (Å²) in [5, 5.41) is 0. The maximum atomic E-state index is 2.58. The molecule has 66 heavy (non-hydrogen) atoms. The van der Waals surface area contributed by atoms with Crippen LogP contribution in [0, 0.1) is 0 Å². The number of hydrogen-bond donors (Lipinski definition) is 0. The smallest absolute Gasteiger partial charge is 0.252 e. The Hall–Kier alpha value is -8.14. The lowest BCUT2D eigenvalue weighted by Crippen LogP contribution is -2.61. The average molecular weight is 843 g/mol. The molecule has 2 nitrogen and oxygen atoms in total. The highest BCUT2D eigenvalue weighted by atomic mass is 15.2. The van der Waals surface area contributed by atoms with Crippen molar-refractivity contribution in [3.8, 4) is 44.5 Å². The monoisotopic (exact) mass is 842 g/mol. The Bertz CT molecular complexity index is 3190. The summed E-state index contributed by atoms with van der Waals surface area (Å²) >= 11 is 0. The van der Waals surface area contributed by atoms with Gasteiger partial charge in [0.05, 0.1) is 11.4 Å². The molecule has 312 valence electrons. The minimum absolute atomic E-state index is 0.0820. The molecule has 0 aromatic heterocycles. The van der Waals surface area contributed by atoms with Gasteiger partial charge in [-0.15, -0.1) is 0 Å². The van der Waals surface area contributed by atoms with E-state index >= 15 is 0 Å². The van der Waals surface area contributed by atoms with Gasteiger partial charge in [-0.1, -0.05) is 226 Å². The summed E-state index contributed by atoms with van der Waals surface area (Å²) in [6, 6.07) is 91.8. The van der Waals surface area contributed by atoms with Crippen molar-refractivity contribution in [1.29, 1.82) is 0 Å². The number of anilines is 6. The minimum Gasteiger partial charge on any atom is -0.311 e. The van der Waals surface area contributed by atoms with Gasteiger partial charge >= 0.3 is 0 Å². The van der Waals surface area contributed by atoms with Crippen LogP contribution in [0.4, 0.5) is 34.1 Å². The molecule has 0 bridgehead atoms. The Kier molecular flexibility index (Phi) is 9.65. The molecule has 0 N–H and O–H groups in total. The molecule has 2 heterocycles. The van der Waals surface area contributed by atoms with Crippen LogP contribution in [0.2, 0.25) is 0 Å². The lowest BCUT2D eigenvalue weighted by molar-refractivity contribution is 0.641. The molecule has 0 aliphatic carbocycles. The minimum atomic E-state index is -0.341. The van der Waals surface area contributed by atoms with Gasteiger partial charge in [0.1, 0.15) is 0 Å². The number of fused-ring (bicyclic) bond motifs is 4. The molecule has 0 fully saturated rings. The van der Waals surface area contributed by atoms with Gasteiger partial charge in [-0.05, 0) is 97.3 Å². The topological polar surface area (TPSA) is 6.48 Å². The second kappa shape index (κ2) is 16.1. The van der Waals surface area contributed by atoms with E-state index in [0.717, 1.165) is 11.4 Å². The van der Waals surface area contributed by atoms with Crippen molar-refractivity contribution >= 4 is 57.2 Å². The molecule has 0 atom stereocenters. The molecule has 10 aromatic carbocycles. The lowest BCUT2D eigenvalue weighted by atomic mass is 9.33. The molecule has 12 rings (SSSR count). The van der Waals surface area contributed by atoms with Gasteiger partial charge in [-0.25, -0.2) is 0 Å². The van der Waals surface area contributed by atoms with Gasteiger partial charge in [0, 0.05) is 39.3 Å². The zero-order valence-corrected chi connectivity index (χ0v) is 37.1. The Labute approximate surface area is 388 Å². The largest absolute Gasteiger partial charge is 0.311 e. The third-order valence-electron chi connectivity index (χ3n) is 14.0. The molecule has 3 heteroatoms. The molecule has 0 saturated heterocycles. The zero-order valence-electron chi connectivity index (χ0n) is 37.1. The van der Waals surface area contributed by atoms with E-state index < -0.39 is 0 Å². The molecule has 0 amide bonds. The molecular formula is C63H47BN2. The third kappa shape index (κ3) is 6.58. The first-order valence-electron chi connectivity index (χ1n) is 23.0. The van der Waals surface area contributed by atoms with E-state index in [1.807, 2.05) is 0 Å². The van der Waals surface area contributed by atoms with E-state index in [-0.39, 0.29) is 12.1 Å². The highest BCUT2D eigenvalue weighted by molar-refractivity contribution is 7.00. The van der Waals surface area contributed by atoms with Gasteiger partial charge in [0.2, 0.25) is 0 Å². The first-order valence-corrected chi connectivity index (χ1v) is 23.0. The van der Waals surface area contributed by atoms with Gasteiger partial charge in [0.15, 0.2) is 0 Å². The van der Waals surface area contributed by atoms with Crippen LogP contribution in [-0.4, -0.2) is 6.71 Å². The Morgan fingerprint density at radius 1 is 0.288 bits per heavy atom. The summed E-state index contributed by atoms with van der Waals surface area (Å²) < 4.78 is 0. The van der Waals surface area contributed by atoms with Crippen molar-refractivity contribution in [3.05, 3.63) is 260 Å². The Morgan fingerprint density at radius 2 is 0.652 bits per heavy atom. The number of hydrogen-bond acceptors (Lipinski definition) is 2. The Balaban J connectivity index is 1.23. The molecule has 2 aliphatic rings. The van der Waals surface area contributed by atoms with E-state index in [1.165, 1.54) is 94.8 Å². The van der Waals surface area contributed by atoms with Gasteiger partial charge in [-0.3, -0.25) is 0 Å². The van der Waals surface area contributed by atoms with Crippen LogP contribution in [0.15, 0.2) is 249 Å². The van der Waals surface area contributed by atoms with Crippen molar-refractivity contribution in [3.63, 3.8) is 0 Å². The summed E-state index contributed by atoms with van der Waals surface area (Å²) in [6.45, 7) is 4.68. The molecule has 0 spiro atoms. The predicted octanol–water partition coefficient (Wildman–Crippen LogP) is 14.8. The van der Waals surface area contributed by atoms with Crippen LogP contribution < -0.4 is 26.2 Å². The highest BCUT2D eigenvalue weighted by Crippen LogP contribution is 2.50. The maximum absolute atomic E-state index is 2.58. The first-order chi connectivity index (χ1) is 32.5. The summed E-state index contributed by atoms with van der Waals surface area (Å²) in [5.74, 6) is 0. The fraction of sp³-hybridized carbons (Fsp3) is 0.0476. The van der Waals surface area contributed by atoms with Crippen LogP contribution in [0.3, 0.4) is 0 Å². The second-order valence-corrected chi connectivity index (χ2v) is 18.1. The third-order valence-corrected chi connectivity index (χ3v) is 14.0. The van der Waals surface area contributed by atoms with E-state index in [4.69, 9.17) is 0 Å². The zero-order chi connectivity index (χ0) is 44.2. The number of para-hydroxylation sites is 2. The van der Waals surface area contributed by atoms with E-state index in [2.05, 4.69) is 272 Å². The number of benzene rings is 10. The molecule has 0 radical (unpaired) electrons. The summed E-state index contributed by atoms with van der Waals surface area (Å²) in [6.07, 6.45) is 0. The van der Waals surface area contributed by atoms with Gasteiger partial charge in [0.25, 0.3) is 6.71 Å². The van der Waals surface area contributed by atoms with Crippen molar-refractivity contribution in [2.45, 2.75) is 19.3 Å². The van der Waals surface area contributed by atoms with E-state index in [1.54, 1.807) is 0 Å².